The summed E-state index contributed by atoms with van der Waals surface area (Å²) in [7, 11) is 0. The van der Waals surface area contributed by atoms with Gasteiger partial charge in [-0.1, -0.05) is 46.3 Å². The first-order valence-corrected chi connectivity index (χ1v) is 9.29. The molecule has 0 aliphatic carbocycles. The molecule has 0 N–H and O–H groups in total. The van der Waals surface area contributed by atoms with E-state index >= 15 is 0 Å². The van der Waals surface area contributed by atoms with E-state index in [1.165, 1.54) is 11.8 Å². The number of hydrogen-bond donors (Lipinski definition) is 0. The molecule has 0 bridgehead atoms. The molecule has 0 aliphatic rings. The smallest absolute Gasteiger partial charge is 0.320 e. The minimum Gasteiger partial charge on any atom is -0.861 e. The molecule has 27 heavy (non-hydrogen) atoms. The molecule has 0 unspecified atom stereocenters. The molecule has 0 radical (unpaired) electrons. The minimum atomic E-state index is -0.383. The Morgan fingerprint density at radius 1 is 1.30 bits per heavy atom. The van der Waals surface area contributed by atoms with Gasteiger partial charge in [-0.25, -0.2) is 9.98 Å². The molecule has 0 fully saturated rings. The number of rotatable bonds is 6. The summed E-state index contributed by atoms with van der Waals surface area (Å²) in [6.07, 6.45) is 1.56. The number of thioether (sulfide) groups is 1. The van der Waals surface area contributed by atoms with E-state index in [-0.39, 0.29) is 17.5 Å². The van der Waals surface area contributed by atoms with Gasteiger partial charge in [0.25, 0.3) is 6.20 Å². The zero-order valence-electron chi connectivity index (χ0n) is 14.9. The Kier molecular flexibility index (Phi) is 5.84. The second-order valence-electron chi connectivity index (χ2n) is 5.72. The molecule has 2 heterocycles. The van der Waals surface area contributed by atoms with E-state index in [0.717, 1.165) is 16.8 Å². The summed E-state index contributed by atoms with van der Waals surface area (Å²) in [5.41, 5.74) is 3.28. The quantitative estimate of drug-likeness (QED) is 0.282. The van der Waals surface area contributed by atoms with Gasteiger partial charge in [0.1, 0.15) is 11.1 Å². The zero-order valence-corrected chi connectivity index (χ0v) is 15.7. The first kappa shape index (κ1) is 18.6. The van der Waals surface area contributed by atoms with Gasteiger partial charge in [0.05, 0.1) is 11.3 Å². The third-order valence-corrected chi connectivity index (χ3v) is 4.69. The highest BCUT2D eigenvalue weighted by Crippen LogP contribution is 2.25. The maximum atomic E-state index is 12.1. The fourth-order valence-corrected chi connectivity index (χ4v) is 3.03. The lowest BCUT2D eigenvalue weighted by atomic mass is 10.1. The van der Waals surface area contributed by atoms with Gasteiger partial charge in [-0.15, -0.1) is 0 Å². The van der Waals surface area contributed by atoms with E-state index in [9.17, 15) is 10.4 Å². The number of nitriles is 1. The van der Waals surface area contributed by atoms with Crippen LogP contribution in [0.5, 0.6) is 0 Å². The summed E-state index contributed by atoms with van der Waals surface area (Å²) in [6.45, 7) is 4.55. The van der Waals surface area contributed by atoms with Crippen LogP contribution in [0.1, 0.15) is 18.1 Å². The predicted molar refractivity (Wildman–Crippen MR) is 99.3 cm³/mol. The van der Waals surface area contributed by atoms with E-state index in [1.807, 2.05) is 38.1 Å². The summed E-state index contributed by atoms with van der Waals surface area (Å²) in [5, 5.41) is 25.6. The van der Waals surface area contributed by atoms with E-state index in [2.05, 4.69) is 21.3 Å². The van der Waals surface area contributed by atoms with Crippen molar-refractivity contribution < 1.29 is 14.3 Å². The molecule has 8 heteroatoms. The number of pyridine rings is 1. The molecule has 7 nitrogen and oxygen atoms in total. The highest BCUT2D eigenvalue weighted by molar-refractivity contribution is 7.99. The number of aryl methyl sites for hydroxylation is 2. The topological polar surface area (TPSA) is 102 Å². The Morgan fingerprint density at radius 2 is 2.07 bits per heavy atom. The van der Waals surface area contributed by atoms with Crippen LogP contribution in [0.25, 0.3) is 11.3 Å². The number of nitrogens with zero attached hydrogens (tertiary/aromatic N) is 5. The Labute approximate surface area is 161 Å². The zero-order chi connectivity index (χ0) is 19.2. The molecule has 0 atom stereocenters. The summed E-state index contributed by atoms with van der Waals surface area (Å²) in [4.78, 5) is 8.41. The Hall–Kier alpha value is -3.18. The molecule has 2 aromatic heterocycles. The molecule has 0 aliphatic heterocycles. The van der Waals surface area contributed by atoms with Gasteiger partial charge in [-0.2, -0.15) is 5.26 Å². The molecule has 3 aromatic rings. The molecule has 0 saturated heterocycles. The molecular weight excluding hydrogens is 362 g/mol. The van der Waals surface area contributed by atoms with Crippen molar-refractivity contribution in [1.82, 2.24) is 10.3 Å². The van der Waals surface area contributed by atoms with Crippen molar-refractivity contribution >= 4 is 23.5 Å². The Balaban J connectivity index is 1.77. The van der Waals surface area contributed by atoms with Crippen molar-refractivity contribution in [2.75, 3.05) is 5.75 Å². The lowest BCUT2D eigenvalue weighted by Gasteiger charge is -2.10. The highest BCUT2D eigenvalue weighted by Gasteiger charge is 2.10. The van der Waals surface area contributed by atoms with Gasteiger partial charge in [0.15, 0.2) is 6.54 Å². The van der Waals surface area contributed by atoms with Crippen LogP contribution < -0.4 is 9.79 Å². The van der Waals surface area contributed by atoms with Crippen LogP contribution >= 0.6 is 11.8 Å². The largest absolute Gasteiger partial charge is 0.861 e. The van der Waals surface area contributed by atoms with Crippen LogP contribution in [-0.2, 0) is 6.54 Å². The van der Waals surface area contributed by atoms with Gasteiger partial charge in [0.2, 0.25) is 5.27 Å². The van der Waals surface area contributed by atoms with Crippen molar-refractivity contribution in [2.45, 2.75) is 25.4 Å². The maximum absolute atomic E-state index is 12.1. The number of aromatic nitrogens is 3. The Bertz CT molecular complexity index is 1010. The fourth-order valence-electron chi connectivity index (χ4n) is 2.27. The average Bonchev–Trinajstić information content (AvgIpc) is 3.14. The van der Waals surface area contributed by atoms with E-state index in [4.69, 9.17) is 4.52 Å². The minimum absolute atomic E-state index is 0.0475. The SMILES string of the molecule is CC[n+]1cc(/N=C(\[O-])CSc2nc(-c3ccc(C)cc3)ccc2C#N)on1. The molecule has 3 rings (SSSR count). The second kappa shape index (κ2) is 8.47. The number of aliphatic imine (C=N–C) groups is 1. The predicted octanol–water partition coefficient (Wildman–Crippen LogP) is 2.41. The molecule has 0 amide bonds. The summed E-state index contributed by atoms with van der Waals surface area (Å²) in [6, 6.07) is 13.6. The lowest BCUT2D eigenvalue weighted by molar-refractivity contribution is -0.759. The third-order valence-electron chi connectivity index (χ3n) is 3.72. The van der Waals surface area contributed by atoms with Crippen LogP contribution in [0.3, 0.4) is 0 Å². The molecule has 0 saturated carbocycles. The molecule has 136 valence electrons. The summed E-state index contributed by atoms with van der Waals surface area (Å²) < 4.78 is 6.50. The number of hydrogen-bond acceptors (Lipinski definition) is 7. The van der Waals surface area contributed by atoms with Crippen LogP contribution in [0.2, 0.25) is 0 Å². The first-order chi connectivity index (χ1) is 13.1. The monoisotopic (exact) mass is 379 g/mol. The summed E-state index contributed by atoms with van der Waals surface area (Å²) in [5.74, 6) is -0.179. The molecule has 1 aromatic carbocycles. The maximum Gasteiger partial charge on any atom is 0.320 e. The van der Waals surface area contributed by atoms with E-state index in [1.54, 1.807) is 23.0 Å². The van der Waals surface area contributed by atoms with E-state index < -0.39 is 0 Å². The van der Waals surface area contributed by atoms with E-state index in [0.29, 0.717) is 17.1 Å². The van der Waals surface area contributed by atoms with Crippen LogP contribution in [0.15, 0.2) is 57.1 Å². The average molecular weight is 379 g/mol. The van der Waals surface area contributed by atoms with Crippen molar-refractivity contribution in [3.8, 4) is 17.3 Å². The first-order valence-electron chi connectivity index (χ1n) is 8.31. The van der Waals surface area contributed by atoms with Gasteiger partial charge in [-0.3, -0.25) is 4.52 Å². The molecular formula is C19H17N5O2S. The fraction of sp³-hybridized carbons (Fsp3) is 0.211. The van der Waals surface area contributed by atoms with Gasteiger partial charge in [0, 0.05) is 11.3 Å². The van der Waals surface area contributed by atoms with Crippen molar-refractivity contribution in [3.63, 3.8) is 0 Å². The standard InChI is InChI=1S/C19H17N5O2S/c1-3-24-11-18(26-23-24)22-17(25)12-27-19-15(10-20)8-9-16(21-19)14-6-4-13(2)5-7-14/h4-9,11H,3,12H2,1-2H3. The van der Waals surface area contributed by atoms with Crippen molar-refractivity contribution in [3.05, 3.63) is 53.7 Å². The summed E-state index contributed by atoms with van der Waals surface area (Å²) >= 11 is 1.18. The normalized spacial score (nSPS) is 11.4. The van der Waals surface area contributed by atoms with Crippen LogP contribution in [0.4, 0.5) is 5.88 Å². The molecule has 0 spiro atoms. The third kappa shape index (κ3) is 4.71. The highest BCUT2D eigenvalue weighted by atomic mass is 32.2. The van der Waals surface area contributed by atoms with Crippen LogP contribution in [-0.4, -0.2) is 21.9 Å². The van der Waals surface area contributed by atoms with Gasteiger partial charge >= 0.3 is 5.88 Å². The lowest BCUT2D eigenvalue weighted by Crippen LogP contribution is -2.32. The van der Waals surface area contributed by atoms with Gasteiger partial charge < -0.3 is 5.11 Å². The Morgan fingerprint density at radius 3 is 2.74 bits per heavy atom. The van der Waals surface area contributed by atoms with Crippen molar-refractivity contribution in [1.29, 1.82) is 5.26 Å². The number of benzene rings is 1. The van der Waals surface area contributed by atoms with Gasteiger partial charge in [-0.05, 0) is 31.9 Å². The second-order valence-corrected chi connectivity index (χ2v) is 6.68. The van der Waals surface area contributed by atoms with Crippen LogP contribution in [0, 0.1) is 18.3 Å². The van der Waals surface area contributed by atoms with Crippen molar-refractivity contribution in [2.24, 2.45) is 4.99 Å².